The van der Waals surface area contributed by atoms with Gasteiger partial charge in [0.2, 0.25) is 5.91 Å². The maximum Gasteiger partial charge on any atom is 0.358 e. The zero-order valence-electron chi connectivity index (χ0n) is 11.5. The number of hydrogen-bond donors (Lipinski definition) is 2. The second-order valence-electron chi connectivity index (χ2n) is 5.25. The molecule has 22 heavy (non-hydrogen) atoms. The number of benzene rings is 1. The fourth-order valence-corrected chi connectivity index (χ4v) is 2.51. The van der Waals surface area contributed by atoms with Crippen LogP contribution in [0.15, 0.2) is 30.5 Å². The molecule has 0 radical (unpaired) electrons. The topological polar surface area (TPSA) is 97.1 Å². The van der Waals surface area contributed by atoms with Crippen molar-refractivity contribution in [2.45, 2.75) is 24.9 Å². The molecule has 0 saturated heterocycles. The first kappa shape index (κ1) is 14.5. The second-order valence-corrected chi connectivity index (χ2v) is 5.68. The molecule has 2 N–H and O–H groups in total. The molecule has 1 aliphatic rings. The molecule has 2 aromatic rings. The number of carbonyl (C=O) groups excluding carboxylic acids is 1. The smallest absolute Gasteiger partial charge is 0.358 e. The maximum atomic E-state index is 12.1. The number of hydrogen-bond acceptors (Lipinski definition) is 4. The molecule has 114 valence electrons. The summed E-state index contributed by atoms with van der Waals surface area (Å²) in [5.74, 6) is -1.43. The molecule has 1 amide bonds. The highest BCUT2D eigenvalue weighted by atomic mass is 35.5. The Morgan fingerprint density at radius 1 is 1.41 bits per heavy atom. The Labute approximate surface area is 130 Å². The van der Waals surface area contributed by atoms with E-state index in [1.54, 1.807) is 6.07 Å². The zero-order valence-corrected chi connectivity index (χ0v) is 12.2. The average molecular weight is 321 g/mol. The van der Waals surface area contributed by atoms with Gasteiger partial charge < -0.3 is 10.4 Å². The minimum Gasteiger partial charge on any atom is -0.476 e. The van der Waals surface area contributed by atoms with E-state index >= 15 is 0 Å². The molecule has 1 aliphatic carbocycles. The highest BCUT2D eigenvalue weighted by molar-refractivity contribution is 6.30. The first-order chi connectivity index (χ1) is 10.5. The van der Waals surface area contributed by atoms with Crippen molar-refractivity contribution in [1.29, 1.82) is 0 Å². The summed E-state index contributed by atoms with van der Waals surface area (Å²) in [6, 6.07) is 7.40. The van der Waals surface area contributed by atoms with Crippen LogP contribution in [0, 0.1) is 0 Å². The van der Waals surface area contributed by atoms with E-state index in [0.717, 1.165) is 18.4 Å². The monoisotopic (exact) mass is 320 g/mol. The average Bonchev–Trinajstić information content (AvgIpc) is 3.08. The lowest BCUT2D eigenvalue weighted by Gasteiger charge is -2.18. The number of amides is 1. The maximum absolute atomic E-state index is 12.1. The minimum atomic E-state index is -1.18. The van der Waals surface area contributed by atoms with Crippen LogP contribution in [0.25, 0.3) is 0 Å². The van der Waals surface area contributed by atoms with E-state index in [1.807, 2.05) is 18.2 Å². The van der Waals surface area contributed by atoms with Crippen LogP contribution in [0.1, 0.15) is 28.9 Å². The highest BCUT2D eigenvalue weighted by Crippen LogP contribution is 2.45. The van der Waals surface area contributed by atoms with Crippen molar-refractivity contribution in [1.82, 2.24) is 20.3 Å². The van der Waals surface area contributed by atoms with Crippen molar-refractivity contribution < 1.29 is 14.7 Å². The number of aromatic carboxylic acids is 1. The van der Waals surface area contributed by atoms with Crippen LogP contribution in [-0.2, 0) is 16.9 Å². The molecule has 1 aromatic heterocycles. The van der Waals surface area contributed by atoms with E-state index in [9.17, 15) is 9.59 Å². The van der Waals surface area contributed by atoms with Crippen molar-refractivity contribution in [2.24, 2.45) is 0 Å². The molecule has 1 fully saturated rings. The summed E-state index contributed by atoms with van der Waals surface area (Å²) >= 11 is 5.99. The van der Waals surface area contributed by atoms with E-state index in [4.69, 9.17) is 16.7 Å². The van der Waals surface area contributed by atoms with E-state index in [-0.39, 0.29) is 23.7 Å². The van der Waals surface area contributed by atoms with Gasteiger partial charge in [0.1, 0.15) is 6.54 Å². The fourth-order valence-electron chi connectivity index (χ4n) is 2.32. The largest absolute Gasteiger partial charge is 0.476 e. The molecule has 0 aliphatic heterocycles. The van der Waals surface area contributed by atoms with Crippen LogP contribution in [0.4, 0.5) is 0 Å². The van der Waals surface area contributed by atoms with Gasteiger partial charge in [-0.2, -0.15) is 0 Å². The van der Waals surface area contributed by atoms with Gasteiger partial charge in [-0.1, -0.05) is 28.9 Å². The van der Waals surface area contributed by atoms with Gasteiger partial charge in [0.25, 0.3) is 0 Å². The van der Waals surface area contributed by atoms with E-state index in [0.29, 0.717) is 5.02 Å². The summed E-state index contributed by atoms with van der Waals surface area (Å²) in [6.07, 6.45) is 2.91. The van der Waals surface area contributed by atoms with Crippen molar-refractivity contribution >= 4 is 23.5 Å². The van der Waals surface area contributed by atoms with E-state index in [1.165, 1.54) is 10.9 Å². The predicted octanol–water partition coefficient (Wildman–Crippen LogP) is 1.44. The Hall–Kier alpha value is -2.41. The fraction of sp³-hybridized carbons (Fsp3) is 0.286. The summed E-state index contributed by atoms with van der Waals surface area (Å²) in [5, 5.41) is 19.4. The number of nitrogens with one attached hydrogen (secondary N) is 1. The number of nitrogens with zero attached hydrogens (tertiary/aromatic N) is 3. The van der Waals surface area contributed by atoms with Crippen LogP contribution in [-0.4, -0.2) is 32.0 Å². The molecule has 0 atom stereocenters. The van der Waals surface area contributed by atoms with Crippen molar-refractivity contribution in [3.05, 3.63) is 46.7 Å². The van der Waals surface area contributed by atoms with Crippen molar-refractivity contribution in [3.8, 4) is 0 Å². The number of carboxylic acids is 1. The van der Waals surface area contributed by atoms with E-state index in [2.05, 4.69) is 15.6 Å². The summed E-state index contributed by atoms with van der Waals surface area (Å²) in [7, 11) is 0. The molecule has 1 saturated carbocycles. The zero-order chi connectivity index (χ0) is 15.7. The summed E-state index contributed by atoms with van der Waals surface area (Å²) in [4.78, 5) is 22.9. The van der Waals surface area contributed by atoms with Gasteiger partial charge in [-0.3, -0.25) is 4.79 Å². The lowest BCUT2D eigenvalue weighted by molar-refractivity contribution is -0.122. The van der Waals surface area contributed by atoms with Crippen LogP contribution in [0.3, 0.4) is 0 Å². The van der Waals surface area contributed by atoms with Gasteiger partial charge in [-0.15, -0.1) is 5.10 Å². The van der Waals surface area contributed by atoms with Crippen molar-refractivity contribution in [2.75, 3.05) is 0 Å². The van der Waals surface area contributed by atoms with Gasteiger partial charge in [0.15, 0.2) is 5.69 Å². The van der Waals surface area contributed by atoms with Gasteiger partial charge in [-0.25, -0.2) is 9.48 Å². The number of carbonyl (C=O) groups is 2. The van der Waals surface area contributed by atoms with Gasteiger partial charge in [0.05, 0.1) is 11.7 Å². The molecule has 1 aromatic carbocycles. The van der Waals surface area contributed by atoms with Gasteiger partial charge >= 0.3 is 5.97 Å². The molecular formula is C14H13ClN4O3. The number of aromatic nitrogens is 3. The van der Waals surface area contributed by atoms with Gasteiger partial charge in [-0.05, 0) is 30.5 Å². The molecule has 0 bridgehead atoms. The lowest BCUT2D eigenvalue weighted by atomic mass is 10.1. The SMILES string of the molecule is O=C(Cn1cc(C(=O)O)nn1)NC1(c2cccc(Cl)c2)CC1. The lowest BCUT2D eigenvalue weighted by Crippen LogP contribution is -2.37. The Bertz CT molecular complexity index is 739. The summed E-state index contributed by atoms with van der Waals surface area (Å²) < 4.78 is 1.20. The third-order valence-electron chi connectivity index (χ3n) is 3.57. The van der Waals surface area contributed by atoms with Crippen LogP contribution >= 0.6 is 11.6 Å². The molecule has 7 nitrogen and oxygen atoms in total. The first-order valence-corrected chi connectivity index (χ1v) is 7.07. The normalized spacial score (nSPS) is 15.3. The third-order valence-corrected chi connectivity index (χ3v) is 3.80. The standard InChI is InChI=1S/C14H13ClN4O3/c15-10-3-1-2-9(6-10)14(4-5-14)16-12(20)8-19-7-11(13(21)22)17-18-19/h1-3,6-7H,4-5,8H2,(H,16,20)(H,21,22). The van der Waals surface area contributed by atoms with Crippen LogP contribution in [0.2, 0.25) is 5.02 Å². The number of carboxylic acid groups (broad SMARTS) is 1. The molecule has 0 spiro atoms. The minimum absolute atomic E-state index is 0.0808. The van der Waals surface area contributed by atoms with Gasteiger partial charge in [0, 0.05) is 5.02 Å². The third kappa shape index (κ3) is 2.94. The molecular weight excluding hydrogens is 308 g/mol. The van der Waals surface area contributed by atoms with Crippen LogP contribution in [0.5, 0.6) is 0 Å². The second kappa shape index (κ2) is 5.42. The molecule has 3 rings (SSSR count). The summed E-state index contributed by atoms with van der Waals surface area (Å²) in [5.41, 5.74) is 0.403. The Morgan fingerprint density at radius 3 is 2.77 bits per heavy atom. The van der Waals surface area contributed by atoms with E-state index < -0.39 is 5.97 Å². The van der Waals surface area contributed by atoms with Crippen molar-refractivity contribution in [3.63, 3.8) is 0 Å². The molecule has 0 unspecified atom stereocenters. The number of rotatable bonds is 5. The predicted molar refractivity (Wildman–Crippen MR) is 77.5 cm³/mol. The Kier molecular flexibility index (Phi) is 3.58. The Balaban J connectivity index is 1.67. The highest BCUT2D eigenvalue weighted by Gasteiger charge is 2.45. The van der Waals surface area contributed by atoms with Crippen LogP contribution < -0.4 is 5.32 Å². The number of halogens is 1. The summed E-state index contributed by atoms with van der Waals surface area (Å²) in [6.45, 7) is -0.0808. The molecule has 1 heterocycles. The Morgan fingerprint density at radius 2 is 2.18 bits per heavy atom. The molecule has 8 heteroatoms. The quantitative estimate of drug-likeness (QED) is 0.868. The first-order valence-electron chi connectivity index (χ1n) is 6.69.